The molecule has 1 fully saturated rings. The normalized spacial score (nSPS) is 15.2. The second-order valence-electron chi connectivity index (χ2n) is 7.49. The van der Waals surface area contributed by atoms with Gasteiger partial charge in [0, 0.05) is 17.0 Å². The highest BCUT2D eigenvalue weighted by atomic mass is 32.2. The lowest BCUT2D eigenvalue weighted by Gasteiger charge is -2.12. The Morgan fingerprint density at radius 3 is 2.71 bits per heavy atom. The lowest BCUT2D eigenvalue weighted by atomic mass is 9.96. The molecule has 5 nitrogen and oxygen atoms in total. The molecule has 146 valence electrons. The Morgan fingerprint density at radius 2 is 2.04 bits per heavy atom. The van der Waals surface area contributed by atoms with E-state index in [1.165, 1.54) is 10.2 Å². The van der Waals surface area contributed by atoms with Crippen molar-refractivity contribution in [2.45, 2.75) is 44.9 Å². The summed E-state index contributed by atoms with van der Waals surface area (Å²) in [5.74, 6) is -0.654. The molecule has 1 aliphatic carbocycles. The smallest absolute Gasteiger partial charge is 0.251 e. The maximum atomic E-state index is 14.5. The second kappa shape index (κ2) is 7.13. The third kappa shape index (κ3) is 3.46. The Kier molecular flexibility index (Phi) is 4.79. The molecular formula is C21H22FN3O2S. The van der Waals surface area contributed by atoms with Gasteiger partial charge in [-0.15, -0.1) is 0 Å². The van der Waals surface area contributed by atoms with Gasteiger partial charge in [0.1, 0.15) is 16.8 Å². The molecule has 1 heterocycles. The van der Waals surface area contributed by atoms with Gasteiger partial charge in [-0.1, -0.05) is 6.07 Å². The zero-order valence-corrected chi connectivity index (χ0v) is 16.8. The van der Waals surface area contributed by atoms with Crippen LogP contribution in [0, 0.1) is 12.7 Å². The lowest BCUT2D eigenvalue weighted by molar-refractivity contribution is 0.0950. The maximum Gasteiger partial charge on any atom is 0.251 e. The van der Waals surface area contributed by atoms with E-state index in [-0.39, 0.29) is 17.2 Å². The van der Waals surface area contributed by atoms with Crippen LogP contribution >= 0.6 is 0 Å². The van der Waals surface area contributed by atoms with Crippen LogP contribution in [0.4, 0.5) is 4.39 Å². The van der Waals surface area contributed by atoms with E-state index in [1.807, 2.05) is 32.0 Å². The van der Waals surface area contributed by atoms with Gasteiger partial charge in [-0.2, -0.15) is 9.19 Å². The molecule has 0 spiro atoms. The van der Waals surface area contributed by atoms with Gasteiger partial charge in [-0.05, 0) is 74.6 Å². The summed E-state index contributed by atoms with van der Waals surface area (Å²) >= 11 is 0. The quantitative estimate of drug-likeness (QED) is 0.706. The maximum absolute atomic E-state index is 14.5. The number of halogens is 1. The monoisotopic (exact) mass is 399 g/mol. The number of fused-ring (bicyclic) bond motifs is 1. The molecule has 1 aliphatic rings. The largest absolute Gasteiger partial charge is 0.349 e. The van der Waals surface area contributed by atoms with Crippen molar-refractivity contribution in [2.24, 2.45) is 0 Å². The summed E-state index contributed by atoms with van der Waals surface area (Å²) in [4.78, 5) is 12.4. The molecule has 1 unspecified atom stereocenters. The molecule has 0 saturated heterocycles. The molecule has 28 heavy (non-hydrogen) atoms. The highest BCUT2D eigenvalue weighted by molar-refractivity contribution is 7.84. The number of nitrogens with zero attached hydrogens (tertiary/aromatic N) is 2. The van der Waals surface area contributed by atoms with Crippen LogP contribution in [0.15, 0.2) is 36.5 Å². The van der Waals surface area contributed by atoms with Gasteiger partial charge in [0.25, 0.3) is 5.91 Å². The van der Waals surface area contributed by atoms with Crippen molar-refractivity contribution in [3.8, 4) is 11.1 Å². The van der Waals surface area contributed by atoms with Crippen LogP contribution < -0.4 is 5.32 Å². The Hall–Kier alpha value is -2.54. The summed E-state index contributed by atoms with van der Waals surface area (Å²) in [6.45, 7) is 5.46. The first-order chi connectivity index (χ1) is 13.3. The zero-order chi connectivity index (χ0) is 20.0. The van der Waals surface area contributed by atoms with E-state index < -0.39 is 16.8 Å². The molecular weight excluding hydrogens is 377 g/mol. The standard InChI is InChI=1S/C21H22FN3O2S/c1-12(2)28(27)25-20-7-4-14(8-16(20)11-23-25)18-9-15(10-19(22)13(18)3)21(26)24-17-5-6-17/h4,7-12,17H,5-6H2,1-3H3,(H,24,26). The van der Waals surface area contributed by atoms with Gasteiger partial charge >= 0.3 is 0 Å². The number of amides is 1. The number of aromatic nitrogens is 2. The van der Waals surface area contributed by atoms with Crippen LogP contribution in [0.2, 0.25) is 0 Å². The number of benzene rings is 2. The van der Waals surface area contributed by atoms with E-state index >= 15 is 0 Å². The summed E-state index contributed by atoms with van der Waals surface area (Å²) in [7, 11) is -1.25. The Bertz CT molecular complexity index is 1100. The van der Waals surface area contributed by atoms with Crippen molar-refractivity contribution in [3.05, 3.63) is 53.5 Å². The number of hydrogen-bond donors (Lipinski definition) is 1. The predicted molar refractivity (Wildman–Crippen MR) is 109 cm³/mol. The topological polar surface area (TPSA) is 64.0 Å². The Balaban J connectivity index is 1.75. The zero-order valence-electron chi connectivity index (χ0n) is 16.0. The van der Waals surface area contributed by atoms with Crippen molar-refractivity contribution < 1.29 is 13.4 Å². The molecule has 0 aliphatic heterocycles. The van der Waals surface area contributed by atoms with Crippen molar-refractivity contribution >= 4 is 27.8 Å². The highest BCUT2D eigenvalue weighted by Crippen LogP contribution is 2.30. The number of nitrogens with one attached hydrogen (secondary N) is 1. The average molecular weight is 399 g/mol. The fourth-order valence-corrected chi connectivity index (χ4v) is 4.03. The summed E-state index contributed by atoms with van der Waals surface area (Å²) in [6, 6.07) is 8.81. The van der Waals surface area contributed by atoms with E-state index in [1.54, 1.807) is 19.2 Å². The van der Waals surface area contributed by atoms with Gasteiger partial charge in [-0.25, -0.2) is 8.60 Å². The summed E-state index contributed by atoms with van der Waals surface area (Å²) in [6.07, 6.45) is 3.62. The third-order valence-electron chi connectivity index (χ3n) is 4.94. The van der Waals surface area contributed by atoms with Gasteiger partial charge in [0.15, 0.2) is 0 Å². The molecule has 4 rings (SSSR count). The summed E-state index contributed by atoms with van der Waals surface area (Å²) in [5, 5.41) is 7.92. The van der Waals surface area contributed by atoms with E-state index in [4.69, 9.17) is 0 Å². The van der Waals surface area contributed by atoms with E-state index in [2.05, 4.69) is 10.4 Å². The van der Waals surface area contributed by atoms with Crippen molar-refractivity contribution in [3.63, 3.8) is 0 Å². The van der Waals surface area contributed by atoms with Crippen molar-refractivity contribution in [1.29, 1.82) is 0 Å². The van der Waals surface area contributed by atoms with E-state index in [0.717, 1.165) is 29.3 Å². The number of hydrogen-bond acceptors (Lipinski definition) is 3. The van der Waals surface area contributed by atoms with Crippen molar-refractivity contribution in [1.82, 2.24) is 14.5 Å². The number of carbonyl (C=O) groups excluding carboxylic acids is 1. The van der Waals surface area contributed by atoms with Crippen LogP contribution in [-0.2, 0) is 11.0 Å². The molecule has 1 N–H and O–H groups in total. The average Bonchev–Trinajstić information content (AvgIpc) is 3.38. The molecule has 0 bridgehead atoms. The molecule has 3 aromatic rings. The van der Waals surface area contributed by atoms with Crippen LogP contribution in [0.25, 0.3) is 22.0 Å². The Morgan fingerprint density at radius 1 is 1.29 bits per heavy atom. The first-order valence-electron chi connectivity index (χ1n) is 9.35. The summed E-state index contributed by atoms with van der Waals surface area (Å²) < 4.78 is 28.4. The van der Waals surface area contributed by atoms with Gasteiger partial charge in [-0.3, -0.25) is 4.79 Å². The minimum absolute atomic E-state index is 0.0548. The van der Waals surface area contributed by atoms with Gasteiger partial charge in [0.2, 0.25) is 0 Å². The minimum atomic E-state index is -1.25. The molecule has 1 saturated carbocycles. The SMILES string of the molecule is Cc1c(F)cc(C(=O)NC2CC2)cc1-c1ccc2c(cnn2S(=O)C(C)C)c1. The van der Waals surface area contributed by atoms with Crippen LogP contribution in [0.3, 0.4) is 0 Å². The fraction of sp³-hybridized carbons (Fsp3) is 0.333. The molecule has 1 aromatic heterocycles. The Labute approximate surface area is 165 Å². The molecule has 7 heteroatoms. The molecule has 1 atom stereocenters. The molecule has 0 radical (unpaired) electrons. The predicted octanol–water partition coefficient (Wildman–Crippen LogP) is 3.96. The highest BCUT2D eigenvalue weighted by Gasteiger charge is 2.24. The number of carbonyl (C=O) groups is 1. The van der Waals surface area contributed by atoms with Crippen LogP contribution in [-0.4, -0.2) is 30.6 Å². The van der Waals surface area contributed by atoms with Crippen LogP contribution in [0.1, 0.15) is 42.6 Å². The first kappa shape index (κ1) is 18.8. The molecule has 1 amide bonds. The second-order valence-corrected chi connectivity index (χ2v) is 9.34. The first-order valence-corrected chi connectivity index (χ1v) is 10.5. The van der Waals surface area contributed by atoms with Gasteiger partial charge in [0.05, 0.1) is 17.0 Å². The molecule has 2 aromatic carbocycles. The van der Waals surface area contributed by atoms with Crippen molar-refractivity contribution in [2.75, 3.05) is 0 Å². The van der Waals surface area contributed by atoms with E-state index in [0.29, 0.717) is 16.7 Å². The summed E-state index contributed by atoms with van der Waals surface area (Å²) in [5.41, 5.74) is 3.03. The lowest BCUT2D eigenvalue weighted by Crippen LogP contribution is -2.25. The van der Waals surface area contributed by atoms with Gasteiger partial charge < -0.3 is 5.32 Å². The minimum Gasteiger partial charge on any atom is -0.349 e. The third-order valence-corrected chi connectivity index (χ3v) is 6.38. The number of rotatable bonds is 5. The van der Waals surface area contributed by atoms with Crippen LogP contribution in [0.5, 0.6) is 0 Å². The fourth-order valence-electron chi connectivity index (χ4n) is 3.13. The van der Waals surface area contributed by atoms with E-state index in [9.17, 15) is 13.4 Å².